The molecule has 26 heavy (non-hydrogen) atoms. The highest BCUT2D eigenvalue weighted by atomic mass is 16.1. The second-order valence-electron chi connectivity index (χ2n) is 7.91. The molecule has 0 bridgehead atoms. The van der Waals surface area contributed by atoms with Crippen molar-refractivity contribution in [3.8, 4) is 0 Å². The number of hydrogen-bond donors (Lipinski definition) is 1. The minimum absolute atomic E-state index is 0.00994. The summed E-state index contributed by atoms with van der Waals surface area (Å²) in [6, 6.07) is 0. The van der Waals surface area contributed by atoms with Crippen molar-refractivity contribution in [1.82, 2.24) is 5.32 Å². The largest absolute Gasteiger partial charge is 0.352 e. The van der Waals surface area contributed by atoms with Crippen molar-refractivity contribution in [2.75, 3.05) is 6.54 Å². The van der Waals surface area contributed by atoms with Gasteiger partial charge in [0.05, 0.1) is 0 Å². The number of carbonyl (C=O) groups is 1. The zero-order valence-electron chi connectivity index (χ0n) is 17.3. The molecular weight excluding hydrogens is 318 g/mol. The molecule has 0 spiro atoms. The minimum atomic E-state index is -0.00994. The molecule has 3 atom stereocenters. The third kappa shape index (κ3) is 10.2. The van der Waals surface area contributed by atoms with Crippen LogP contribution in [0.4, 0.5) is 0 Å². The molecule has 1 N–H and O–H groups in total. The van der Waals surface area contributed by atoms with E-state index in [9.17, 15) is 4.79 Å². The molecule has 0 radical (unpaired) electrons. The van der Waals surface area contributed by atoms with Crippen LogP contribution in [-0.4, -0.2) is 12.5 Å². The SMILES string of the molecule is C/C1=C\C=C\CCC(C)CNC(=O)/C=C/C=C/C(C)C(C)C/C=C(\C)C1. The van der Waals surface area contributed by atoms with Gasteiger partial charge in [-0.05, 0) is 57.3 Å². The van der Waals surface area contributed by atoms with Crippen LogP contribution in [0.3, 0.4) is 0 Å². The summed E-state index contributed by atoms with van der Waals surface area (Å²) in [4.78, 5) is 11.9. The molecule has 1 heterocycles. The van der Waals surface area contributed by atoms with Crippen LogP contribution >= 0.6 is 0 Å². The molecule has 1 aliphatic rings. The number of carbonyl (C=O) groups excluding carboxylic acids is 1. The van der Waals surface area contributed by atoms with Crippen molar-refractivity contribution >= 4 is 5.91 Å². The molecule has 0 aromatic heterocycles. The number of hydrogen-bond acceptors (Lipinski definition) is 1. The molecular formula is C24H37NO. The molecule has 0 aliphatic carbocycles. The van der Waals surface area contributed by atoms with Crippen molar-refractivity contribution in [3.05, 3.63) is 59.8 Å². The van der Waals surface area contributed by atoms with Crippen LogP contribution in [0, 0.1) is 17.8 Å². The lowest BCUT2D eigenvalue weighted by molar-refractivity contribution is -0.116. The van der Waals surface area contributed by atoms with E-state index in [1.54, 1.807) is 6.08 Å². The lowest BCUT2D eigenvalue weighted by atomic mass is 9.91. The lowest BCUT2D eigenvalue weighted by Gasteiger charge is -2.15. The summed E-state index contributed by atoms with van der Waals surface area (Å²) in [5.41, 5.74) is 2.84. The summed E-state index contributed by atoms with van der Waals surface area (Å²) < 4.78 is 0. The van der Waals surface area contributed by atoms with Gasteiger partial charge in [-0.15, -0.1) is 0 Å². The van der Waals surface area contributed by atoms with E-state index in [0.717, 1.165) is 32.2 Å². The van der Waals surface area contributed by atoms with E-state index < -0.39 is 0 Å². The van der Waals surface area contributed by atoms with Gasteiger partial charge in [0.15, 0.2) is 0 Å². The summed E-state index contributed by atoms with van der Waals surface area (Å²) in [6.07, 6.45) is 20.9. The van der Waals surface area contributed by atoms with Crippen LogP contribution in [-0.2, 0) is 4.79 Å². The van der Waals surface area contributed by atoms with Crippen molar-refractivity contribution in [2.45, 2.75) is 60.3 Å². The Morgan fingerprint density at radius 3 is 2.58 bits per heavy atom. The lowest BCUT2D eigenvalue weighted by Crippen LogP contribution is -2.26. The molecule has 0 aromatic rings. The standard InChI is InChI=1S/C24H37NO/c1-19-11-7-6-8-12-21(3)18-25-24(26)14-10-9-13-22(4)23(5)16-15-20(2)17-19/h6-7,9-11,13-15,21-23H,8,12,16-18H2,1-5H3,(H,25,26)/b7-6+,13-9+,14-10+,19-11+,20-15+. The Kier molecular flexibility index (Phi) is 10.7. The van der Waals surface area contributed by atoms with E-state index in [1.165, 1.54) is 11.1 Å². The molecule has 0 saturated heterocycles. The normalized spacial score (nSPS) is 35.1. The molecule has 0 aromatic carbocycles. The van der Waals surface area contributed by atoms with Crippen molar-refractivity contribution in [3.63, 3.8) is 0 Å². The molecule has 0 saturated carbocycles. The first-order valence-corrected chi connectivity index (χ1v) is 9.99. The zero-order valence-corrected chi connectivity index (χ0v) is 17.3. The number of rotatable bonds is 0. The average molecular weight is 356 g/mol. The third-order valence-corrected chi connectivity index (χ3v) is 5.03. The van der Waals surface area contributed by atoms with Gasteiger partial charge in [-0.3, -0.25) is 4.79 Å². The Morgan fingerprint density at radius 2 is 1.81 bits per heavy atom. The zero-order chi connectivity index (χ0) is 19.4. The summed E-state index contributed by atoms with van der Waals surface area (Å²) in [7, 11) is 0. The van der Waals surface area contributed by atoms with Crippen LogP contribution in [0.5, 0.6) is 0 Å². The molecule has 1 aliphatic heterocycles. The van der Waals surface area contributed by atoms with Gasteiger partial charge in [0.2, 0.25) is 5.91 Å². The Bertz CT molecular complexity index is 577. The highest BCUT2D eigenvalue weighted by Gasteiger charge is 2.07. The minimum Gasteiger partial charge on any atom is -0.352 e. The predicted molar refractivity (Wildman–Crippen MR) is 114 cm³/mol. The van der Waals surface area contributed by atoms with Gasteiger partial charge in [-0.2, -0.15) is 0 Å². The van der Waals surface area contributed by atoms with E-state index in [-0.39, 0.29) is 5.91 Å². The summed E-state index contributed by atoms with van der Waals surface area (Å²) in [5, 5.41) is 2.98. The van der Waals surface area contributed by atoms with Crippen molar-refractivity contribution in [1.29, 1.82) is 0 Å². The van der Waals surface area contributed by atoms with E-state index in [4.69, 9.17) is 0 Å². The van der Waals surface area contributed by atoms with Crippen molar-refractivity contribution in [2.24, 2.45) is 17.8 Å². The second-order valence-corrected chi connectivity index (χ2v) is 7.91. The first-order chi connectivity index (χ1) is 12.4. The highest BCUT2D eigenvalue weighted by Crippen LogP contribution is 2.20. The van der Waals surface area contributed by atoms with Gasteiger partial charge in [0, 0.05) is 12.6 Å². The van der Waals surface area contributed by atoms with Gasteiger partial charge in [-0.25, -0.2) is 0 Å². The Labute approximate surface area is 160 Å². The fourth-order valence-electron chi connectivity index (χ4n) is 2.89. The van der Waals surface area contributed by atoms with Crippen LogP contribution in [0.1, 0.15) is 60.3 Å². The molecule has 1 amide bonds. The quantitative estimate of drug-likeness (QED) is 0.519. The van der Waals surface area contributed by atoms with Gasteiger partial charge < -0.3 is 5.32 Å². The summed E-state index contributed by atoms with van der Waals surface area (Å²) >= 11 is 0. The third-order valence-electron chi connectivity index (χ3n) is 5.03. The molecule has 3 unspecified atom stereocenters. The molecule has 144 valence electrons. The van der Waals surface area contributed by atoms with Crippen LogP contribution < -0.4 is 5.32 Å². The maximum atomic E-state index is 11.9. The maximum Gasteiger partial charge on any atom is 0.243 e. The van der Waals surface area contributed by atoms with E-state index in [1.807, 2.05) is 12.2 Å². The van der Waals surface area contributed by atoms with E-state index in [2.05, 4.69) is 70.3 Å². The number of allylic oxidation sites excluding steroid dienone is 9. The van der Waals surface area contributed by atoms with Crippen LogP contribution in [0.15, 0.2) is 59.8 Å². The topological polar surface area (TPSA) is 29.1 Å². The predicted octanol–water partition coefficient (Wildman–Crippen LogP) is 6.15. The van der Waals surface area contributed by atoms with Crippen molar-refractivity contribution < 1.29 is 4.79 Å². The molecule has 0 fully saturated rings. The Balaban J connectivity index is 2.80. The first-order valence-electron chi connectivity index (χ1n) is 9.99. The summed E-state index contributed by atoms with van der Waals surface area (Å²) in [6.45, 7) is 11.9. The maximum absolute atomic E-state index is 11.9. The molecule has 2 nitrogen and oxygen atoms in total. The fourth-order valence-corrected chi connectivity index (χ4v) is 2.89. The number of nitrogens with one attached hydrogen (secondary N) is 1. The van der Waals surface area contributed by atoms with Gasteiger partial charge in [0.25, 0.3) is 0 Å². The first kappa shape index (κ1) is 22.2. The van der Waals surface area contributed by atoms with Gasteiger partial charge in [0.1, 0.15) is 0 Å². The number of amides is 1. The highest BCUT2D eigenvalue weighted by molar-refractivity contribution is 5.87. The average Bonchev–Trinajstić information content (AvgIpc) is 2.60. The van der Waals surface area contributed by atoms with Gasteiger partial charge in [-0.1, -0.05) is 74.4 Å². The van der Waals surface area contributed by atoms with Crippen LogP contribution in [0.25, 0.3) is 0 Å². The van der Waals surface area contributed by atoms with E-state index in [0.29, 0.717) is 17.8 Å². The molecule has 2 heteroatoms. The van der Waals surface area contributed by atoms with Gasteiger partial charge >= 0.3 is 0 Å². The van der Waals surface area contributed by atoms with Crippen LogP contribution in [0.2, 0.25) is 0 Å². The monoisotopic (exact) mass is 355 g/mol. The second kappa shape index (κ2) is 12.5. The Morgan fingerprint density at radius 1 is 1.04 bits per heavy atom. The Hall–Kier alpha value is -1.83. The molecule has 1 rings (SSSR count). The van der Waals surface area contributed by atoms with E-state index >= 15 is 0 Å². The summed E-state index contributed by atoms with van der Waals surface area (Å²) in [5.74, 6) is 1.54. The fraction of sp³-hybridized carbons (Fsp3) is 0.542. The smallest absolute Gasteiger partial charge is 0.243 e.